The van der Waals surface area contributed by atoms with Crippen LogP contribution in [0.1, 0.15) is 5.56 Å². The number of pyridine rings is 1. The van der Waals surface area contributed by atoms with Crippen LogP contribution in [-0.2, 0) is 11.2 Å². The molecule has 0 unspecified atom stereocenters. The summed E-state index contributed by atoms with van der Waals surface area (Å²) in [6, 6.07) is 19.6. The molecule has 1 aliphatic heterocycles. The summed E-state index contributed by atoms with van der Waals surface area (Å²) in [5.41, 5.74) is 3.97. The number of para-hydroxylation sites is 1. The highest BCUT2D eigenvalue weighted by Gasteiger charge is 2.25. The van der Waals surface area contributed by atoms with Crippen LogP contribution in [0.3, 0.4) is 0 Å². The first kappa shape index (κ1) is 20.3. The van der Waals surface area contributed by atoms with Gasteiger partial charge in [0.25, 0.3) is 0 Å². The van der Waals surface area contributed by atoms with Crippen molar-refractivity contribution in [3.8, 4) is 22.8 Å². The Hall–Kier alpha value is -3.65. The minimum Gasteiger partial charge on any atom is -0.497 e. The van der Waals surface area contributed by atoms with Gasteiger partial charge in [0.1, 0.15) is 5.75 Å². The predicted octanol–water partition coefficient (Wildman–Crippen LogP) is 4.02. The number of amides is 1. The summed E-state index contributed by atoms with van der Waals surface area (Å²) < 4.78 is 7.36. The lowest BCUT2D eigenvalue weighted by Gasteiger charge is -2.17. The fourth-order valence-electron chi connectivity index (χ4n) is 3.84. The zero-order chi connectivity index (χ0) is 21.9. The normalized spacial score (nSPS) is 12.6. The van der Waals surface area contributed by atoms with Crippen molar-refractivity contribution < 1.29 is 9.53 Å². The molecule has 0 fully saturated rings. The summed E-state index contributed by atoms with van der Waals surface area (Å²) in [4.78, 5) is 19.0. The topological polar surface area (TPSA) is 73.1 Å². The molecule has 0 aliphatic carbocycles. The van der Waals surface area contributed by atoms with Gasteiger partial charge in [-0.25, -0.2) is 0 Å². The van der Waals surface area contributed by atoms with E-state index < -0.39 is 0 Å². The molecule has 0 radical (unpaired) electrons. The van der Waals surface area contributed by atoms with Crippen LogP contribution in [0.25, 0.3) is 17.1 Å². The summed E-state index contributed by atoms with van der Waals surface area (Å²) in [7, 11) is 1.64. The van der Waals surface area contributed by atoms with Gasteiger partial charge < -0.3 is 9.64 Å². The third kappa shape index (κ3) is 3.85. The lowest BCUT2D eigenvalue weighted by molar-refractivity contribution is -0.116. The molecule has 0 saturated heterocycles. The third-order valence-corrected chi connectivity index (χ3v) is 6.31. The van der Waals surface area contributed by atoms with Crippen LogP contribution in [0.2, 0.25) is 0 Å². The van der Waals surface area contributed by atoms with Crippen LogP contribution in [0.15, 0.2) is 78.2 Å². The molecule has 0 saturated carbocycles. The number of aromatic nitrogens is 4. The fraction of sp³-hybridized carbons (Fsp3) is 0.167. The number of thioether (sulfide) groups is 1. The minimum atomic E-state index is 0.0607. The van der Waals surface area contributed by atoms with E-state index in [1.807, 2.05) is 64.1 Å². The highest BCUT2D eigenvalue weighted by molar-refractivity contribution is 7.99. The SMILES string of the molecule is COc1cccc(-n2c(SCC(=O)N3CCc4ccccc43)nnc2-c2ccncc2)c1. The Bertz CT molecular complexity index is 1260. The van der Waals surface area contributed by atoms with Gasteiger partial charge in [-0.3, -0.25) is 14.3 Å². The van der Waals surface area contributed by atoms with E-state index in [9.17, 15) is 4.79 Å². The van der Waals surface area contributed by atoms with Crippen molar-refractivity contribution in [1.82, 2.24) is 19.7 Å². The van der Waals surface area contributed by atoms with E-state index in [1.165, 1.54) is 17.3 Å². The maximum atomic E-state index is 13.0. The monoisotopic (exact) mass is 443 g/mol. The number of hydrogen-bond donors (Lipinski definition) is 0. The summed E-state index contributed by atoms with van der Waals surface area (Å²) in [6.07, 6.45) is 4.33. The first-order valence-corrected chi connectivity index (χ1v) is 11.2. The maximum absolute atomic E-state index is 13.0. The van der Waals surface area contributed by atoms with Gasteiger partial charge in [-0.2, -0.15) is 0 Å². The second-order valence-electron chi connectivity index (χ2n) is 7.29. The lowest BCUT2D eigenvalue weighted by Crippen LogP contribution is -2.30. The molecule has 1 amide bonds. The molecule has 3 heterocycles. The van der Waals surface area contributed by atoms with Crippen LogP contribution < -0.4 is 9.64 Å². The molecular formula is C24H21N5O2S. The van der Waals surface area contributed by atoms with Gasteiger partial charge in [0.15, 0.2) is 11.0 Å². The zero-order valence-corrected chi connectivity index (χ0v) is 18.3. The smallest absolute Gasteiger partial charge is 0.237 e. The number of anilines is 1. The Balaban J connectivity index is 1.45. The largest absolute Gasteiger partial charge is 0.497 e. The van der Waals surface area contributed by atoms with Crippen molar-refractivity contribution in [2.45, 2.75) is 11.6 Å². The van der Waals surface area contributed by atoms with Crippen molar-refractivity contribution in [2.75, 3.05) is 24.3 Å². The average Bonchev–Trinajstić information content (AvgIpc) is 3.48. The molecule has 32 heavy (non-hydrogen) atoms. The van der Waals surface area contributed by atoms with Gasteiger partial charge >= 0.3 is 0 Å². The number of fused-ring (bicyclic) bond motifs is 1. The summed E-state index contributed by atoms with van der Waals surface area (Å²) >= 11 is 1.38. The van der Waals surface area contributed by atoms with Gasteiger partial charge in [0.05, 0.1) is 18.6 Å². The summed E-state index contributed by atoms with van der Waals surface area (Å²) in [5.74, 6) is 1.75. The van der Waals surface area contributed by atoms with Gasteiger partial charge in [-0.15, -0.1) is 10.2 Å². The van der Waals surface area contributed by atoms with Crippen LogP contribution in [0.4, 0.5) is 5.69 Å². The number of hydrogen-bond acceptors (Lipinski definition) is 6. The molecule has 0 N–H and O–H groups in total. The molecular weight excluding hydrogens is 422 g/mol. The molecule has 4 aromatic rings. The van der Waals surface area contributed by atoms with Crippen molar-refractivity contribution in [1.29, 1.82) is 0 Å². The quantitative estimate of drug-likeness (QED) is 0.419. The number of benzene rings is 2. The van der Waals surface area contributed by atoms with Crippen LogP contribution in [0, 0.1) is 0 Å². The summed E-state index contributed by atoms with van der Waals surface area (Å²) in [5, 5.41) is 9.48. The zero-order valence-electron chi connectivity index (χ0n) is 17.5. The Morgan fingerprint density at radius 3 is 2.75 bits per heavy atom. The van der Waals surface area contributed by atoms with Crippen LogP contribution >= 0.6 is 11.8 Å². The number of rotatable bonds is 6. The average molecular weight is 444 g/mol. The van der Waals surface area contributed by atoms with Crippen molar-refractivity contribution in [3.63, 3.8) is 0 Å². The number of carbonyl (C=O) groups is 1. The van der Waals surface area contributed by atoms with Crippen LogP contribution in [-0.4, -0.2) is 45.1 Å². The molecule has 160 valence electrons. The molecule has 0 spiro atoms. The highest BCUT2D eigenvalue weighted by atomic mass is 32.2. The highest BCUT2D eigenvalue weighted by Crippen LogP contribution is 2.31. The van der Waals surface area contributed by atoms with E-state index in [4.69, 9.17) is 4.74 Å². The van der Waals surface area contributed by atoms with E-state index in [0.29, 0.717) is 17.5 Å². The number of methoxy groups -OCH3 is 1. The number of ether oxygens (including phenoxy) is 1. The van der Waals surface area contributed by atoms with E-state index in [2.05, 4.69) is 21.2 Å². The van der Waals surface area contributed by atoms with Gasteiger partial charge in [-0.05, 0) is 42.3 Å². The van der Waals surface area contributed by atoms with E-state index in [1.54, 1.807) is 19.5 Å². The molecule has 0 atom stereocenters. The lowest BCUT2D eigenvalue weighted by atomic mass is 10.2. The minimum absolute atomic E-state index is 0.0607. The standard InChI is InChI=1S/C24H21N5O2S/c1-31-20-7-4-6-19(15-20)29-23(18-9-12-25-13-10-18)26-27-24(29)32-16-22(30)28-14-11-17-5-2-3-8-21(17)28/h2-10,12-13,15H,11,14,16H2,1H3. The Kier molecular flexibility index (Phi) is 5.60. The number of carbonyl (C=O) groups excluding carboxylic acids is 1. The Morgan fingerprint density at radius 2 is 1.91 bits per heavy atom. The summed E-state index contributed by atoms with van der Waals surface area (Å²) in [6.45, 7) is 0.712. The van der Waals surface area contributed by atoms with Crippen LogP contribution in [0.5, 0.6) is 5.75 Å². The Morgan fingerprint density at radius 1 is 1.06 bits per heavy atom. The van der Waals surface area contributed by atoms with Gasteiger partial charge in [-0.1, -0.05) is 36.0 Å². The van der Waals surface area contributed by atoms with Crippen molar-refractivity contribution >= 4 is 23.4 Å². The molecule has 7 nitrogen and oxygen atoms in total. The van der Waals surface area contributed by atoms with E-state index >= 15 is 0 Å². The van der Waals surface area contributed by atoms with Gasteiger partial charge in [0, 0.05) is 36.3 Å². The molecule has 0 bridgehead atoms. The predicted molar refractivity (Wildman–Crippen MR) is 124 cm³/mol. The molecule has 5 rings (SSSR count). The van der Waals surface area contributed by atoms with E-state index in [-0.39, 0.29) is 11.7 Å². The first-order valence-electron chi connectivity index (χ1n) is 10.3. The van der Waals surface area contributed by atoms with E-state index in [0.717, 1.165) is 29.1 Å². The maximum Gasteiger partial charge on any atom is 0.237 e. The molecule has 1 aliphatic rings. The first-order chi connectivity index (χ1) is 15.7. The molecule has 2 aromatic heterocycles. The van der Waals surface area contributed by atoms with Gasteiger partial charge in [0.2, 0.25) is 5.91 Å². The van der Waals surface area contributed by atoms with Crippen molar-refractivity contribution in [3.05, 3.63) is 78.6 Å². The number of nitrogens with zero attached hydrogens (tertiary/aromatic N) is 5. The second kappa shape index (κ2) is 8.84. The van der Waals surface area contributed by atoms with Crippen molar-refractivity contribution in [2.24, 2.45) is 0 Å². The Labute approximate surface area is 190 Å². The molecule has 8 heteroatoms. The third-order valence-electron chi connectivity index (χ3n) is 5.40. The second-order valence-corrected chi connectivity index (χ2v) is 8.23. The molecule has 2 aromatic carbocycles. The fourth-order valence-corrected chi connectivity index (χ4v) is 4.66.